The van der Waals surface area contributed by atoms with Crippen LogP contribution in [0.1, 0.15) is 53.3 Å². The zero-order chi connectivity index (χ0) is 19.6. The molecule has 0 fully saturated rings. The van der Waals surface area contributed by atoms with Crippen molar-refractivity contribution in [3.8, 4) is 11.1 Å². The second-order valence-electron chi connectivity index (χ2n) is 8.67. The molecule has 2 aliphatic rings. The van der Waals surface area contributed by atoms with Gasteiger partial charge in [-0.15, -0.1) is 0 Å². The molecular formula is C26H24ClN. The van der Waals surface area contributed by atoms with Crippen LogP contribution in [0.4, 0.5) is 5.69 Å². The molecule has 3 aromatic rings. The van der Waals surface area contributed by atoms with Gasteiger partial charge in [0.05, 0.1) is 6.04 Å². The summed E-state index contributed by atoms with van der Waals surface area (Å²) in [4.78, 5) is 0. The third-order valence-corrected chi connectivity index (χ3v) is 6.54. The molecular weight excluding hydrogens is 362 g/mol. The number of benzene rings is 3. The van der Waals surface area contributed by atoms with Crippen LogP contribution in [0.5, 0.6) is 0 Å². The molecule has 1 aliphatic carbocycles. The maximum Gasteiger partial charge on any atom is 0.0715 e. The van der Waals surface area contributed by atoms with Crippen LogP contribution >= 0.6 is 11.6 Å². The molecule has 0 aromatic heterocycles. The van der Waals surface area contributed by atoms with Crippen LogP contribution in [0, 0.1) is 13.8 Å². The van der Waals surface area contributed by atoms with Crippen molar-refractivity contribution in [1.29, 1.82) is 0 Å². The predicted molar refractivity (Wildman–Crippen MR) is 120 cm³/mol. The number of rotatable bonds is 1. The van der Waals surface area contributed by atoms with Crippen molar-refractivity contribution in [2.45, 2.75) is 39.2 Å². The fourth-order valence-corrected chi connectivity index (χ4v) is 5.16. The average molecular weight is 386 g/mol. The van der Waals surface area contributed by atoms with Gasteiger partial charge in [0.15, 0.2) is 0 Å². The van der Waals surface area contributed by atoms with Gasteiger partial charge in [0.25, 0.3) is 0 Å². The van der Waals surface area contributed by atoms with E-state index in [-0.39, 0.29) is 11.5 Å². The summed E-state index contributed by atoms with van der Waals surface area (Å²) in [6.07, 6.45) is 2.14. The molecule has 3 aromatic carbocycles. The molecule has 140 valence electrons. The predicted octanol–water partition coefficient (Wildman–Crippen LogP) is 7.36. The van der Waals surface area contributed by atoms with Gasteiger partial charge in [-0.2, -0.15) is 0 Å². The van der Waals surface area contributed by atoms with E-state index in [4.69, 9.17) is 11.6 Å². The van der Waals surface area contributed by atoms with Crippen molar-refractivity contribution in [3.05, 3.63) is 94.1 Å². The van der Waals surface area contributed by atoms with Crippen LogP contribution in [0.15, 0.2) is 60.7 Å². The van der Waals surface area contributed by atoms with Crippen molar-refractivity contribution in [3.63, 3.8) is 0 Å². The van der Waals surface area contributed by atoms with E-state index in [1.54, 1.807) is 0 Å². The average Bonchev–Trinajstić information content (AvgIpc) is 2.87. The number of anilines is 1. The normalized spacial score (nSPS) is 18.6. The summed E-state index contributed by atoms with van der Waals surface area (Å²) >= 11 is 6.79. The molecule has 2 heteroatoms. The fourth-order valence-electron chi connectivity index (χ4n) is 4.88. The van der Waals surface area contributed by atoms with Crippen molar-refractivity contribution in [2.24, 2.45) is 0 Å². The van der Waals surface area contributed by atoms with Gasteiger partial charge in [-0.3, -0.25) is 0 Å². The Balaban J connectivity index is 1.64. The Morgan fingerprint density at radius 1 is 0.821 bits per heavy atom. The number of aryl methyl sites for hydroxylation is 2. The van der Waals surface area contributed by atoms with Crippen LogP contribution in [0.2, 0.25) is 0 Å². The maximum atomic E-state index is 6.79. The van der Waals surface area contributed by atoms with Crippen LogP contribution in [-0.4, -0.2) is 0 Å². The Morgan fingerprint density at radius 3 is 2.29 bits per heavy atom. The van der Waals surface area contributed by atoms with E-state index in [1.165, 1.54) is 38.9 Å². The van der Waals surface area contributed by atoms with Gasteiger partial charge < -0.3 is 5.32 Å². The third kappa shape index (κ3) is 2.53. The van der Waals surface area contributed by atoms with Gasteiger partial charge in [-0.05, 0) is 59.9 Å². The van der Waals surface area contributed by atoms with E-state index in [0.29, 0.717) is 0 Å². The first-order valence-corrected chi connectivity index (χ1v) is 10.2. The zero-order valence-electron chi connectivity index (χ0n) is 16.7. The summed E-state index contributed by atoms with van der Waals surface area (Å²) in [6.45, 7) is 8.91. The maximum absolute atomic E-state index is 6.79. The topological polar surface area (TPSA) is 12.0 Å². The van der Waals surface area contributed by atoms with Crippen LogP contribution in [0.3, 0.4) is 0 Å². The van der Waals surface area contributed by atoms with Gasteiger partial charge in [0.2, 0.25) is 0 Å². The highest BCUT2D eigenvalue weighted by Crippen LogP contribution is 2.52. The standard InChI is InChI=1S/C26H24ClN/c1-15-9-16(2)11-17(10-15)24-14-23(27)20-12-19-18-7-5-6-8-21(18)26(3,4)22(19)13-25(20)28-24/h5-14,24,28H,1-4H3. The van der Waals surface area contributed by atoms with Crippen LogP contribution in [0.25, 0.3) is 16.2 Å². The third-order valence-electron chi connectivity index (χ3n) is 6.21. The van der Waals surface area contributed by atoms with E-state index in [1.807, 2.05) is 0 Å². The number of halogens is 1. The Labute approximate surface area is 172 Å². The molecule has 5 rings (SSSR count). The van der Waals surface area contributed by atoms with E-state index >= 15 is 0 Å². The van der Waals surface area contributed by atoms with E-state index in [9.17, 15) is 0 Å². The van der Waals surface area contributed by atoms with Crippen LogP contribution < -0.4 is 5.32 Å². The number of nitrogens with one attached hydrogen (secondary N) is 1. The lowest BCUT2D eigenvalue weighted by Gasteiger charge is -2.28. The Morgan fingerprint density at radius 2 is 1.54 bits per heavy atom. The number of fused-ring (bicyclic) bond motifs is 4. The van der Waals surface area contributed by atoms with Gasteiger partial charge in [0.1, 0.15) is 0 Å². The lowest BCUT2D eigenvalue weighted by Crippen LogP contribution is -2.18. The van der Waals surface area contributed by atoms with Crippen molar-refractivity contribution in [2.75, 3.05) is 5.32 Å². The molecule has 28 heavy (non-hydrogen) atoms. The second-order valence-corrected chi connectivity index (χ2v) is 9.08. The van der Waals surface area contributed by atoms with E-state index in [0.717, 1.165) is 16.3 Å². The Kier molecular flexibility index (Phi) is 3.76. The molecule has 0 amide bonds. The smallest absolute Gasteiger partial charge is 0.0715 e. The molecule has 0 saturated heterocycles. The quantitative estimate of drug-likeness (QED) is 0.461. The number of hydrogen-bond donors (Lipinski definition) is 1. The minimum absolute atomic E-state index is 0.00824. The molecule has 1 heterocycles. The number of hydrogen-bond acceptors (Lipinski definition) is 1. The van der Waals surface area contributed by atoms with E-state index < -0.39 is 0 Å². The summed E-state index contributed by atoms with van der Waals surface area (Å²) in [6, 6.07) is 20.1. The highest BCUT2D eigenvalue weighted by atomic mass is 35.5. The fraction of sp³-hybridized carbons (Fsp3) is 0.231. The molecule has 1 N–H and O–H groups in total. The van der Waals surface area contributed by atoms with Crippen LogP contribution in [-0.2, 0) is 5.41 Å². The monoisotopic (exact) mass is 385 g/mol. The molecule has 1 nitrogen and oxygen atoms in total. The first kappa shape index (κ1) is 17.6. The minimum Gasteiger partial charge on any atom is -0.374 e. The van der Waals surface area contributed by atoms with E-state index in [2.05, 4.69) is 93.7 Å². The highest BCUT2D eigenvalue weighted by Gasteiger charge is 2.36. The van der Waals surface area contributed by atoms with Gasteiger partial charge >= 0.3 is 0 Å². The second kappa shape index (κ2) is 5.99. The summed E-state index contributed by atoms with van der Waals surface area (Å²) in [5, 5.41) is 4.55. The van der Waals surface area contributed by atoms with Crippen molar-refractivity contribution < 1.29 is 0 Å². The summed E-state index contributed by atoms with van der Waals surface area (Å²) in [5.74, 6) is 0. The molecule has 1 unspecified atom stereocenters. The molecule has 1 atom stereocenters. The first-order valence-electron chi connectivity index (χ1n) is 9.85. The minimum atomic E-state index is -0.00824. The molecule has 1 aliphatic heterocycles. The Hall–Kier alpha value is -2.51. The lowest BCUT2D eigenvalue weighted by molar-refractivity contribution is 0.660. The summed E-state index contributed by atoms with van der Waals surface area (Å²) in [5.41, 5.74) is 11.4. The molecule has 0 radical (unpaired) electrons. The first-order chi connectivity index (χ1) is 13.3. The molecule has 0 saturated carbocycles. The van der Waals surface area contributed by atoms with Gasteiger partial charge in [0, 0.05) is 21.7 Å². The molecule has 0 spiro atoms. The highest BCUT2D eigenvalue weighted by molar-refractivity contribution is 6.49. The zero-order valence-corrected chi connectivity index (χ0v) is 17.5. The molecule has 0 bridgehead atoms. The van der Waals surface area contributed by atoms with Gasteiger partial charge in [-0.25, -0.2) is 0 Å². The summed E-state index contributed by atoms with van der Waals surface area (Å²) in [7, 11) is 0. The Bertz CT molecular complexity index is 1130. The SMILES string of the molecule is Cc1cc(C)cc(C2C=C(Cl)c3cc4c(cc3N2)C(C)(C)c2ccccc2-4)c1. The van der Waals surface area contributed by atoms with Gasteiger partial charge in [-0.1, -0.05) is 79.0 Å². The summed E-state index contributed by atoms with van der Waals surface area (Å²) < 4.78 is 0. The van der Waals surface area contributed by atoms with Crippen molar-refractivity contribution >= 4 is 22.3 Å². The lowest BCUT2D eigenvalue weighted by atomic mass is 9.81. The van der Waals surface area contributed by atoms with Crippen molar-refractivity contribution in [1.82, 2.24) is 0 Å². The largest absolute Gasteiger partial charge is 0.374 e.